The summed E-state index contributed by atoms with van der Waals surface area (Å²) in [5.74, 6) is 0.617. The SMILES string of the molecule is CN(c1ccc(Cl)cc1)c1nccnc1Cl. The van der Waals surface area contributed by atoms with E-state index in [9.17, 15) is 0 Å². The van der Waals surface area contributed by atoms with Gasteiger partial charge in [0.2, 0.25) is 0 Å². The Morgan fingerprint density at radius 3 is 2.25 bits per heavy atom. The van der Waals surface area contributed by atoms with Crippen molar-refractivity contribution in [3.8, 4) is 0 Å². The van der Waals surface area contributed by atoms with E-state index in [1.165, 1.54) is 0 Å². The third-order valence-corrected chi connectivity index (χ3v) is 2.69. The molecule has 16 heavy (non-hydrogen) atoms. The zero-order chi connectivity index (χ0) is 11.5. The highest BCUT2D eigenvalue weighted by Gasteiger charge is 2.09. The molecule has 0 aliphatic carbocycles. The number of benzene rings is 1. The molecule has 5 heteroatoms. The van der Waals surface area contributed by atoms with Crippen molar-refractivity contribution in [1.82, 2.24) is 9.97 Å². The fourth-order valence-electron chi connectivity index (χ4n) is 1.33. The van der Waals surface area contributed by atoms with Crippen LogP contribution < -0.4 is 4.90 Å². The molecule has 0 spiro atoms. The third kappa shape index (κ3) is 2.26. The number of anilines is 2. The van der Waals surface area contributed by atoms with Gasteiger partial charge in [-0.1, -0.05) is 23.2 Å². The van der Waals surface area contributed by atoms with Gasteiger partial charge in [-0.2, -0.15) is 0 Å². The summed E-state index contributed by atoms with van der Waals surface area (Å²) in [6.07, 6.45) is 3.16. The molecular formula is C11H9Cl2N3. The Bertz CT molecular complexity index is 485. The van der Waals surface area contributed by atoms with E-state index in [2.05, 4.69) is 9.97 Å². The predicted octanol–water partition coefficient (Wildman–Crippen LogP) is 3.55. The summed E-state index contributed by atoms with van der Waals surface area (Å²) < 4.78 is 0. The average molecular weight is 254 g/mol. The highest BCUT2D eigenvalue weighted by atomic mass is 35.5. The smallest absolute Gasteiger partial charge is 0.172 e. The highest BCUT2D eigenvalue weighted by molar-refractivity contribution is 6.32. The normalized spacial score (nSPS) is 10.2. The Morgan fingerprint density at radius 2 is 1.62 bits per heavy atom. The van der Waals surface area contributed by atoms with E-state index in [0.29, 0.717) is 16.0 Å². The van der Waals surface area contributed by atoms with Gasteiger partial charge in [-0.25, -0.2) is 9.97 Å². The van der Waals surface area contributed by atoms with Gasteiger partial charge in [0.25, 0.3) is 0 Å². The van der Waals surface area contributed by atoms with Crippen molar-refractivity contribution in [2.45, 2.75) is 0 Å². The van der Waals surface area contributed by atoms with Crippen LogP contribution in [0.25, 0.3) is 0 Å². The quantitative estimate of drug-likeness (QED) is 0.820. The molecule has 82 valence electrons. The number of aromatic nitrogens is 2. The van der Waals surface area contributed by atoms with Crippen LogP contribution in [-0.2, 0) is 0 Å². The minimum absolute atomic E-state index is 0.375. The van der Waals surface area contributed by atoms with Crippen LogP contribution in [0, 0.1) is 0 Å². The second-order valence-electron chi connectivity index (χ2n) is 3.21. The zero-order valence-electron chi connectivity index (χ0n) is 8.56. The van der Waals surface area contributed by atoms with Gasteiger partial charge >= 0.3 is 0 Å². The van der Waals surface area contributed by atoms with Gasteiger partial charge in [-0.05, 0) is 24.3 Å². The summed E-state index contributed by atoms with van der Waals surface area (Å²) in [6, 6.07) is 7.43. The molecule has 0 bridgehead atoms. The Balaban J connectivity index is 2.35. The van der Waals surface area contributed by atoms with E-state index < -0.39 is 0 Å². The van der Waals surface area contributed by atoms with Crippen LogP contribution in [0.5, 0.6) is 0 Å². The number of rotatable bonds is 2. The van der Waals surface area contributed by atoms with Crippen LogP contribution in [0.15, 0.2) is 36.7 Å². The Kier molecular flexibility index (Phi) is 3.27. The lowest BCUT2D eigenvalue weighted by molar-refractivity contribution is 1.09. The second-order valence-corrected chi connectivity index (χ2v) is 4.00. The van der Waals surface area contributed by atoms with E-state index in [1.54, 1.807) is 12.4 Å². The first-order chi connectivity index (χ1) is 7.68. The zero-order valence-corrected chi connectivity index (χ0v) is 10.1. The maximum absolute atomic E-state index is 5.96. The van der Waals surface area contributed by atoms with Crippen molar-refractivity contribution in [2.75, 3.05) is 11.9 Å². The summed E-state index contributed by atoms with van der Waals surface area (Å²) in [5, 5.41) is 1.07. The molecule has 1 heterocycles. The van der Waals surface area contributed by atoms with Gasteiger partial charge in [0.1, 0.15) is 0 Å². The molecule has 3 nitrogen and oxygen atoms in total. The molecule has 0 aliphatic rings. The summed E-state index contributed by atoms with van der Waals surface area (Å²) in [5.41, 5.74) is 0.951. The largest absolute Gasteiger partial charge is 0.327 e. The van der Waals surface area contributed by atoms with Crippen molar-refractivity contribution >= 4 is 34.7 Å². The summed E-state index contributed by atoms with van der Waals surface area (Å²) in [4.78, 5) is 10.0. The first-order valence-electron chi connectivity index (χ1n) is 4.64. The molecule has 0 aliphatic heterocycles. The van der Waals surface area contributed by atoms with E-state index in [0.717, 1.165) is 5.69 Å². The van der Waals surface area contributed by atoms with Gasteiger partial charge in [0.05, 0.1) is 0 Å². The van der Waals surface area contributed by atoms with E-state index in [4.69, 9.17) is 23.2 Å². The molecule has 0 saturated carbocycles. The first kappa shape index (κ1) is 11.2. The van der Waals surface area contributed by atoms with Crippen molar-refractivity contribution in [1.29, 1.82) is 0 Å². The van der Waals surface area contributed by atoms with E-state index >= 15 is 0 Å². The molecule has 0 fully saturated rings. The summed E-state index contributed by atoms with van der Waals surface area (Å²) in [6.45, 7) is 0. The summed E-state index contributed by atoms with van der Waals surface area (Å²) >= 11 is 11.8. The molecule has 0 amide bonds. The Morgan fingerprint density at radius 1 is 1.00 bits per heavy atom. The van der Waals surface area contributed by atoms with Crippen LogP contribution in [0.2, 0.25) is 10.2 Å². The van der Waals surface area contributed by atoms with Crippen molar-refractivity contribution in [3.05, 3.63) is 46.8 Å². The van der Waals surface area contributed by atoms with Crippen LogP contribution >= 0.6 is 23.2 Å². The van der Waals surface area contributed by atoms with Gasteiger partial charge in [0.15, 0.2) is 11.0 Å². The number of nitrogens with zero attached hydrogens (tertiary/aromatic N) is 3. The van der Waals surface area contributed by atoms with Crippen LogP contribution in [0.1, 0.15) is 0 Å². The standard InChI is InChI=1S/C11H9Cl2N3/c1-16(9-4-2-8(12)3-5-9)11-10(13)14-6-7-15-11/h2-7H,1H3. The third-order valence-electron chi connectivity index (χ3n) is 2.17. The lowest BCUT2D eigenvalue weighted by Crippen LogP contribution is -2.11. The van der Waals surface area contributed by atoms with Gasteiger partial charge in [0, 0.05) is 30.2 Å². The predicted molar refractivity (Wildman–Crippen MR) is 66.6 cm³/mol. The van der Waals surface area contributed by atoms with Gasteiger partial charge < -0.3 is 4.90 Å². The summed E-state index contributed by atoms with van der Waals surface area (Å²) in [7, 11) is 1.87. The molecule has 0 N–H and O–H groups in total. The van der Waals surface area contributed by atoms with Gasteiger partial charge in [-0.3, -0.25) is 0 Å². The van der Waals surface area contributed by atoms with Crippen LogP contribution in [0.3, 0.4) is 0 Å². The minimum Gasteiger partial charge on any atom is -0.327 e. The maximum atomic E-state index is 5.96. The van der Waals surface area contributed by atoms with Crippen molar-refractivity contribution < 1.29 is 0 Å². The van der Waals surface area contributed by atoms with E-state index in [1.807, 2.05) is 36.2 Å². The maximum Gasteiger partial charge on any atom is 0.172 e. The average Bonchev–Trinajstić information content (AvgIpc) is 2.30. The molecule has 0 atom stereocenters. The molecule has 2 rings (SSSR count). The molecule has 0 radical (unpaired) electrons. The fourth-order valence-corrected chi connectivity index (χ4v) is 1.68. The molecule has 1 aromatic carbocycles. The lowest BCUT2D eigenvalue weighted by atomic mass is 10.3. The number of hydrogen-bond acceptors (Lipinski definition) is 3. The highest BCUT2D eigenvalue weighted by Crippen LogP contribution is 2.27. The topological polar surface area (TPSA) is 29.0 Å². The molecule has 1 aromatic heterocycles. The molecular weight excluding hydrogens is 245 g/mol. The molecule has 0 saturated heterocycles. The fraction of sp³-hybridized carbons (Fsp3) is 0.0909. The van der Waals surface area contributed by atoms with Crippen molar-refractivity contribution in [2.24, 2.45) is 0 Å². The first-order valence-corrected chi connectivity index (χ1v) is 5.40. The second kappa shape index (κ2) is 4.68. The lowest BCUT2D eigenvalue weighted by Gasteiger charge is -2.18. The van der Waals surface area contributed by atoms with E-state index in [-0.39, 0.29) is 0 Å². The minimum atomic E-state index is 0.375. The Hall–Kier alpha value is -1.32. The molecule has 0 unspecified atom stereocenters. The molecule has 2 aromatic rings. The van der Waals surface area contributed by atoms with Gasteiger partial charge in [-0.15, -0.1) is 0 Å². The Labute approximate surface area is 104 Å². The van der Waals surface area contributed by atoms with Crippen LogP contribution in [-0.4, -0.2) is 17.0 Å². The number of hydrogen-bond donors (Lipinski definition) is 0. The number of halogens is 2. The monoisotopic (exact) mass is 253 g/mol. The van der Waals surface area contributed by atoms with Crippen molar-refractivity contribution in [3.63, 3.8) is 0 Å². The van der Waals surface area contributed by atoms with Crippen LogP contribution in [0.4, 0.5) is 11.5 Å².